The van der Waals surface area contributed by atoms with Crippen LogP contribution in [0.25, 0.3) is 10.8 Å². The highest BCUT2D eigenvalue weighted by Crippen LogP contribution is 2.38. The van der Waals surface area contributed by atoms with Crippen molar-refractivity contribution >= 4 is 22.3 Å². The molecule has 0 atom stereocenters. The highest BCUT2D eigenvalue weighted by Gasteiger charge is 2.09. The summed E-state index contributed by atoms with van der Waals surface area (Å²) in [4.78, 5) is 4.08. The highest BCUT2D eigenvalue weighted by atomic mass is 16.3. The van der Waals surface area contributed by atoms with E-state index in [1.807, 2.05) is 49.4 Å². The van der Waals surface area contributed by atoms with Gasteiger partial charge in [0.2, 0.25) is 0 Å². The van der Waals surface area contributed by atoms with Crippen LogP contribution in [0.5, 0.6) is 5.75 Å². The van der Waals surface area contributed by atoms with Crippen LogP contribution in [0.1, 0.15) is 5.56 Å². The lowest BCUT2D eigenvalue weighted by Gasteiger charge is -2.06. The van der Waals surface area contributed by atoms with Gasteiger partial charge in [-0.15, -0.1) is 10.2 Å². The molecule has 3 rings (SSSR count). The molecule has 4 heteroatoms. The molecular weight excluding hydrogens is 250 g/mol. The molecule has 0 unspecified atom stereocenters. The summed E-state index contributed by atoms with van der Waals surface area (Å²) in [5.74, 6) is 0.667. The number of fused-ring (bicyclic) bond motifs is 1. The van der Waals surface area contributed by atoms with Crippen molar-refractivity contribution in [2.75, 3.05) is 0 Å². The number of hydrogen-bond acceptors (Lipinski definition) is 4. The normalized spacial score (nSPS) is 11.2. The SMILES string of the molecule is Cc1cc2ccccc2c(/N=N/c2ccccn2)c1O. The number of phenolic OH excluding ortho intramolecular Hbond substituents is 1. The van der Waals surface area contributed by atoms with Crippen LogP contribution >= 0.6 is 0 Å². The molecule has 0 radical (unpaired) electrons. The summed E-state index contributed by atoms with van der Waals surface area (Å²) in [7, 11) is 0. The number of azo groups is 1. The van der Waals surface area contributed by atoms with Crippen molar-refractivity contribution in [2.45, 2.75) is 6.92 Å². The molecule has 0 aliphatic rings. The first kappa shape index (κ1) is 12.3. The van der Waals surface area contributed by atoms with Crippen LogP contribution in [0, 0.1) is 6.92 Å². The van der Waals surface area contributed by atoms with E-state index in [0.29, 0.717) is 11.5 Å². The zero-order valence-electron chi connectivity index (χ0n) is 11.0. The third-order valence-electron chi connectivity index (χ3n) is 3.09. The molecular formula is C16H13N3O. The van der Waals surface area contributed by atoms with Crippen LogP contribution in [0.15, 0.2) is 65.0 Å². The van der Waals surface area contributed by atoms with Gasteiger partial charge in [0.15, 0.2) is 5.82 Å². The molecule has 0 bridgehead atoms. The number of aryl methyl sites for hydroxylation is 1. The topological polar surface area (TPSA) is 57.8 Å². The first-order valence-electron chi connectivity index (χ1n) is 6.30. The van der Waals surface area contributed by atoms with Crippen molar-refractivity contribution in [1.29, 1.82) is 0 Å². The quantitative estimate of drug-likeness (QED) is 0.683. The van der Waals surface area contributed by atoms with E-state index in [0.717, 1.165) is 16.3 Å². The van der Waals surface area contributed by atoms with Crippen molar-refractivity contribution < 1.29 is 5.11 Å². The molecule has 0 spiro atoms. The van der Waals surface area contributed by atoms with E-state index in [4.69, 9.17) is 0 Å². The summed E-state index contributed by atoms with van der Waals surface area (Å²) >= 11 is 0. The van der Waals surface area contributed by atoms with Gasteiger partial charge in [0, 0.05) is 11.6 Å². The minimum Gasteiger partial charge on any atom is -0.505 e. The number of pyridine rings is 1. The van der Waals surface area contributed by atoms with Crippen molar-refractivity contribution in [3.63, 3.8) is 0 Å². The van der Waals surface area contributed by atoms with Crippen molar-refractivity contribution in [2.24, 2.45) is 10.2 Å². The molecule has 1 aromatic heterocycles. The van der Waals surface area contributed by atoms with E-state index >= 15 is 0 Å². The van der Waals surface area contributed by atoms with Crippen LogP contribution in [0.3, 0.4) is 0 Å². The minimum absolute atomic E-state index is 0.156. The number of rotatable bonds is 2. The number of aromatic hydroxyl groups is 1. The fraction of sp³-hybridized carbons (Fsp3) is 0.0625. The van der Waals surface area contributed by atoms with Gasteiger partial charge in [-0.05, 0) is 36.1 Å². The number of benzene rings is 2. The Hall–Kier alpha value is -2.75. The monoisotopic (exact) mass is 263 g/mol. The highest BCUT2D eigenvalue weighted by molar-refractivity contribution is 5.96. The summed E-state index contributed by atoms with van der Waals surface area (Å²) in [5.41, 5.74) is 1.25. The van der Waals surface area contributed by atoms with Crippen LogP contribution in [-0.4, -0.2) is 10.1 Å². The molecule has 0 amide bonds. The predicted octanol–water partition coefficient (Wildman–Crippen LogP) is 4.66. The van der Waals surface area contributed by atoms with E-state index < -0.39 is 0 Å². The van der Waals surface area contributed by atoms with Crippen LogP contribution in [0.2, 0.25) is 0 Å². The van der Waals surface area contributed by atoms with E-state index in [1.54, 1.807) is 12.3 Å². The standard InChI is InChI=1S/C16H13N3O/c1-11-10-12-6-2-3-7-13(12)15(16(11)20)19-18-14-8-4-5-9-17-14/h2-10,20H,1H3/b19-18+. The maximum absolute atomic E-state index is 10.2. The molecule has 0 aliphatic carbocycles. The molecule has 0 fully saturated rings. The molecule has 98 valence electrons. The second kappa shape index (κ2) is 5.09. The third kappa shape index (κ3) is 2.23. The van der Waals surface area contributed by atoms with Crippen LogP contribution < -0.4 is 0 Å². The second-order valence-corrected chi connectivity index (χ2v) is 4.50. The largest absolute Gasteiger partial charge is 0.505 e. The molecule has 20 heavy (non-hydrogen) atoms. The summed E-state index contributed by atoms with van der Waals surface area (Å²) in [6.07, 6.45) is 1.66. The maximum atomic E-state index is 10.2. The van der Waals surface area contributed by atoms with Gasteiger partial charge in [0.1, 0.15) is 11.4 Å². The Balaban J connectivity index is 2.15. The first-order chi connectivity index (χ1) is 9.75. The lowest BCUT2D eigenvalue weighted by Crippen LogP contribution is -1.80. The van der Waals surface area contributed by atoms with E-state index in [1.165, 1.54) is 0 Å². The van der Waals surface area contributed by atoms with E-state index in [2.05, 4.69) is 15.2 Å². The van der Waals surface area contributed by atoms with Gasteiger partial charge in [0.25, 0.3) is 0 Å². The van der Waals surface area contributed by atoms with Gasteiger partial charge >= 0.3 is 0 Å². The van der Waals surface area contributed by atoms with Gasteiger partial charge in [-0.2, -0.15) is 0 Å². The Kier molecular flexibility index (Phi) is 3.13. The Bertz CT molecular complexity index is 782. The summed E-state index contributed by atoms with van der Waals surface area (Å²) < 4.78 is 0. The maximum Gasteiger partial charge on any atom is 0.174 e. The Labute approximate surface area is 116 Å². The second-order valence-electron chi connectivity index (χ2n) is 4.50. The number of aromatic nitrogens is 1. The lowest BCUT2D eigenvalue weighted by atomic mass is 10.0. The first-order valence-corrected chi connectivity index (χ1v) is 6.30. The fourth-order valence-electron chi connectivity index (χ4n) is 2.07. The molecule has 0 saturated heterocycles. The van der Waals surface area contributed by atoms with Gasteiger partial charge in [0.05, 0.1) is 0 Å². The molecule has 0 saturated carbocycles. The zero-order valence-corrected chi connectivity index (χ0v) is 11.0. The van der Waals surface area contributed by atoms with Gasteiger partial charge in [-0.1, -0.05) is 30.3 Å². The zero-order chi connectivity index (χ0) is 13.9. The van der Waals surface area contributed by atoms with Gasteiger partial charge in [-0.3, -0.25) is 0 Å². The smallest absolute Gasteiger partial charge is 0.174 e. The number of hydrogen-bond donors (Lipinski definition) is 1. The van der Waals surface area contributed by atoms with Crippen molar-refractivity contribution in [1.82, 2.24) is 4.98 Å². The third-order valence-corrected chi connectivity index (χ3v) is 3.09. The van der Waals surface area contributed by atoms with Crippen molar-refractivity contribution in [3.8, 4) is 5.75 Å². The molecule has 0 aliphatic heterocycles. The van der Waals surface area contributed by atoms with Crippen molar-refractivity contribution in [3.05, 3.63) is 60.3 Å². The Morgan fingerprint density at radius 1 is 1.00 bits per heavy atom. The van der Waals surface area contributed by atoms with Gasteiger partial charge in [-0.25, -0.2) is 4.98 Å². The van der Waals surface area contributed by atoms with Crippen LogP contribution in [0.4, 0.5) is 11.5 Å². The Morgan fingerprint density at radius 2 is 1.80 bits per heavy atom. The van der Waals surface area contributed by atoms with E-state index in [-0.39, 0.29) is 5.75 Å². The molecule has 1 heterocycles. The summed E-state index contributed by atoms with van der Waals surface area (Å²) in [6.45, 7) is 1.85. The lowest BCUT2D eigenvalue weighted by molar-refractivity contribution is 0.473. The van der Waals surface area contributed by atoms with E-state index in [9.17, 15) is 5.11 Å². The van der Waals surface area contributed by atoms with Gasteiger partial charge < -0.3 is 5.11 Å². The van der Waals surface area contributed by atoms with Crippen LogP contribution in [-0.2, 0) is 0 Å². The fourth-order valence-corrected chi connectivity index (χ4v) is 2.07. The molecule has 1 N–H and O–H groups in total. The predicted molar refractivity (Wildman–Crippen MR) is 78.8 cm³/mol. The average Bonchev–Trinajstić information content (AvgIpc) is 2.49. The molecule has 2 aromatic carbocycles. The molecule has 3 aromatic rings. The average molecular weight is 263 g/mol. The minimum atomic E-state index is 0.156. The summed E-state index contributed by atoms with van der Waals surface area (Å²) in [5, 5.41) is 20.4. The Morgan fingerprint density at radius 3 is 2.60 bits per heavy atom. The molecule has 4 nitrogen and oxygen atoms in total. The number of phenols is 1. The number of nitrogens with zero attached hydrogens (tertiary/aromatic N) is 3. The summed E-state index contributed by atoms with van der Waals surface area (Å²) in [6, 6.07) is 15.1.